The summed E-state index contributed by atoms with van der Waals surface area (Å²) in [6, 6.07) is 54.2. The number of nitrogens with zero attached hydrogens (tertiary/aromatic N) is 2. The second kappa shape index (κ2) is 10.1. The summed E-state index contributed by atoms with van der Waals surface area (Å²) in [6.07, 6.45) is 0. The smallest absolute Gasteiger partial charge is 0.134 e. The van der Waals surface area contributed by atoms with Gasteiger partial charge in [0.15, 0.2) is 0 Å². The zero-order valence-electron chi connectivity index (χ0n) is 23.8. The minimum atomic E-state index is 0.0658. The van der Waals surface area contributed by atoms with Crippen LogP contribution in [0.4, 0.5) is 0 Å². The van der Waals surface area contributed by atoms with Gasteiger partial charge in [0.25, 0.3) is 0 Å². The zero-order valence-corrected chi connectivity index (χ0v) is 24.6. The zero-order chi connectivity index (χ0) is 29.0. The molecule has 9 rings (SSSR count). The standard InChI is InChI=1S/C40H27N3S/c1-3-13-26(14-4-1)32-25-28(23-24-35(32)43-33-20-10-7-17-29(33)30-18-8-11-21-34(30)43)37-39-38(31-19-9-12-22-36(31)44-39)42-40(41-37)27-15-5-2-6-16-27/h1-25,38H,(H,41,42). The van der Waals surface area contributed by atoms with Crippen LogP contribution in [0.25, 0.3) is 44.3 Å². The topological polar surface area (TPSA) is 29.3 Å². The molecule has 1 aromatic heterocycles. The van der Waals surface area contributed by atoms with Crippen molar-refractivity contribution < 1.29 is 0 Å². The maximum absolute atomic E-state index is 5.33. The third-order valence-corrected chi connectivity index (χ3v) is 9.91. The van der Waals surface area contributed by atoms with Crippen LogP contribution in [-0.4, -0.2) is 10.4 Å². The van der Waals surface area contributed by atoms with Gasteiger partial charge in [-0.15, -0.1) is 0 Å². The van der Waals surface area contributed by atoms with E-state index in [1.165, 1.54) is 48.3 Å². The minimum Gasteiger partial charge on any atom is -0.358 e. The van der Waals surface area contributed by atoms with E-state index in [1.807, 2.05) is 11.8 Å². The van der Waals surface area contributed by atoms with Gasteiger partial charge >= 0.3 is 0 Å². The number of hydrogen-bond donors (Lipinski definition) is 1. The van der Waals surface area contributed by atoms with Gasteiger partial charge in [0.2, 0.25) is 0 Å². The van der Waals surface area contributed by atoms with Crippen LogP contribution in [0, 0.1) is 0 Å². The summed E-state index contributed by atoms with van der Waals surface area (Å²) in [6.45, 7) is 0. The van der Waals surface area contributed by atoms with Gasteiger partial charge in [-0.1, -0.05) is 133 Å². The Morgan fingerprint density at radius 2 is 1.18 bits per heavy atom. The molecule has 1 N–H and O–H groups in total. The number of benzene rings is 6. The first kappa shape index (κ1) is 25.2. The fraction of sp³-hybridized carbons (Fsp3) is 0.0250. The van der Waals surface area contributed by atoms with Gasteiger partial charge in [-0.05, 0) is 41.5 Å². The predicted octanol–water partition coefficient (Wildman–Crippen LogP) is 10.0. The Kier molecular flexibility index (Phi) is 5.81. The lowest BCUT2D eigenvalue weighted by Crippen LogP contribution is -2.32. The largest absolute Gasteiger partial charge is 0.358 e. The monoisotopic (exact) mass is 581 g/mol. The Morgan fingerprint density at radius 3 is 1.91 bits per heavy atom. The molecule has 0 amide bonds. The number of rotatable bonds is 4. The first-order valence-electron chi connectivity index (χ1n) is 14.9. The maximum atomic E-state index is 5.33. The number of aliphatic imine (C=N–C) groups is 1. The average molecular weight is 582 g/mol. The summed E-state index contributed by atoms with van der Waals surface area (Å²) in [5, 5.41) is 6.29. The molecule has 0 saturated carbocycles. The van der Waals surface area contributed by atoms with E-state index in [2.05, 4.69) is 162 Å². The summed E-state index contributed by atoms with van der Waals surface area (Å²) in [7, 11) is 0. The molecule has 0 saturated heterocycles. The molecule has 0 spiro atoms. The second-order valence-corrected chi connectivity index (χ2v) is 12.3. The number of thioether (sulfide) groups is 1. The number of amidine groups is 1. The molecule has 208 valence electrons. The van der Waals surface area contributed by atoms with Gasteiger partial charge in [0, 0.05) is 37.3 Å². The van der Waals surface area contributed by atoms with Crippen LogP contribution in [-0.2, 0) is 0 Å². The minimum absolute atomic E-state index is 0.0658. The van der Waals surface area contributed by atoms with E-state index in [0.29, 0.717) is 0 Å². The van der Waals surface area contributed by atoms with Crippen molar-refractivity contribution in [2.45, 2.75) is 10.9 Å². The molecule has 3 heterocycles. The fourth-order valence-corrected chi connectivity index (χ4v) is 7.91. The third-order valence-electron chi connectivity index (χ3n) is 8.67. The van der Waals surface area contributed by atoms with Gasteiger partial charge in [-0.3, -0.25) is 0 Å². The average Bonchev–Trinajstić information content (AvgIpc) is 3.64. The molecule has 0 fully saturated rings. The van der Waals surface area contributed by atoms with Crippen LogP contribution in [0.3, 0.4) is 0 Å². The van der Waals surface area contributed by atoms with Crippen molar-refractivity contribution in [1.29, 1.82) is 0 Å². The highest BCUT2D eigenvalue weighted by Gasteiger charge is 2.35. The van der Waals surface area contributed by atoms with Crippen LogP contribution in [0.1, 0.15) is 22.7 Å². The van der Waals surface area contributed by atoms with Gasteiger partial charge in [0.1, 0.15) is 5.84 Å². The summed E-state index contributed by atoms with van der Waals surface area (Å²) in [5.74, 6) is 0.902. The SMILES string of the molecule is c1ccc(C2=NC(c3ccc(-n4c5ccccc5c5ccccc54)c(-c4ccccc4)c3)=C3Sc4ccccc4C3N2)cc1. The molecule has 44 heavy (non-hydrogen) atoms. The van der Waals surface area contributed by atoms with E-state index in [0.717, 1.165) is 28.3 Å². The Hall–Kier alpha value is -5.32. The molecule has 0 bridgehead atoms. The lowest BCUT2D eigenvalue weighted by molar-refractivity contribution is 0.767. The van der Waals surface area contributed by atoms with E-state index >= 15 is 0 Å². The van der Waals surface area contributed by atoms with Crippen molar-refractivity contribution in [3.63, 3.8) is 0 Å². The Bertz CT molecular complexity index is 2230. The van der Waals surface area contributed by atoms with Crippen molar-refractivity contribution in [2.75, 3.05) is 0 Å². The van der Waals surface area contributed by atoms with E-state index in [9.17, 15) is 0 Å². The van der Waals surface area contributed by atoms with Gasteiger partial charge in [-0.2, -0.15) is 0 Å². The number of para-hydroxylation sites is 2. The molecule has 2 aliphatic heterocycles. The van der Waals surface area contributed by atoms with Crippen molar-refractivity contribution in [1.82, 2.24) is 9.88 Å². The van der Waals surface area contributed by atoms with Crippen LogP contribution < -0.4 is 5.32 Å². The summed E-state index contributed by atoms with van der Waals surface area (Å²) < 4.78 is 2.42. The molecule has 2 aliphatic rings. The van der Waals surface area contributed by atoms with E-state index in [1.54, 1.807) is 0 Å². The summed E-state index contributed by atoms with van der Waals surface area (Å²) in [4.78, 5) is 7.86. The molecule has 4 heteroatoms. The summed E-state index contributed by atoms with van der Waals surface area (Å²) >= 11 is 1.83. The molecule has 7 aromatic rings. The highest BCUT2D eigenvalue weighted by molar-refractivity contribution is 8.03. The molecule has 0 aliphatic carbocycles. The Balaban J connectivity index is 1.30. The highest BCUT2D eigenvalue weighted by Crippen LogP contribution is 2.52. The number of hydrogen-bond acceptors (Lipinski definition) is 3. The molecular weight excluding hydrogens is 555 g/mol. The van der Waals surface area contributed by atoms with Crippen molar-refractivity contribution in [2.24, 2.45) is 4.99 Å². The first-order chi connectivity index (χ1) is 21.8. The number of nitrogens with one attached hydrogen (secondary N) is 1. The van der Waals surface area contributed by atoms with E-state index in [-0.39, 0.29) is 6.04 Å². The molecular formula is C40H27N3S. The van der Waals surface area contributed by atoms with Gasteiger partial charge in [-0.25, -0.2) is 4.99 Å². The Morgan fingerprint density at radius 1 is 0.568 bits per heavy atom. The molecule has 1 atom stereocenters. The normalized spacial score (nSPS) is 15.6. The van der Waals surface area contributed by atoms with Crippen molar-refractivity contribution in [3.8, 4) is 16.8 Å². The van der Waals surface area contributed by atoms with Crippen LogP contribution >= 0.6 is 11.8 Å². The van der Waals surface area contributed by atoms with Crippen LogP contribution in [0.2, 0.25) is 0 Å². The number of fused-ring (bicyclic) bond motifs is 6. The number of aromatic nitrogens is 1. The van der Waals surface area contributed by atoms with Crippen LogP contribution in [0.15, 0.2) is 166 Å². The summed E-state index contributed by atoms with van der Waals surface area (Å²) in [5.41, 5.74) is 10.4. The first-order valence-corrected chi connectivity index (χ1v) is 15.8. The quantitative estimate of drug-likeness (QED) is 0.224. The van der Waals surface area contributed by atoms with E-state index in [4.69, 9.17) is 4.99 Å². The second-order valence-electron chi connectivity index (χ2n) is 11.2. The lowest BCUT2D eigenvalue weighted by atomic mass is 9.96. The van der Waals surface area contributed by atoms with Crippen molar-refractivity contribution >= 4 is 45.1 Å². The van der Waals surface area contributed by atoms with E-state index < -0.39 is 0 Å². The Labute approximate surface area is 260 Å². The van der Waals surface area contributed by atoms with Crippen LogP contribution in [0.5, 0.6) is 0 Å². The highest BCUT2D eigenvalue weighted by atomic mass is 32.2. The molecule has 0 radical (unpaired) electrons. The van der Waals surface area contributed by atoms with Crippen molar-refractivity contribution in [3.05, 3.63) is 173 Å². The predicted molar refractivity (Wildman–Crippen MR) is 184 cm³/mol. The lowest BCUT2D eigenvalue weighted by Gasteiger charge is -2.26. The van der Waals surface area contributed by atoms with Gasteiger partial charge < -0.3 is 9.88 Å². The maximum Gasteiger partial charge on any atom is 0.134 e. The molecule has 1 unspecified atom stereocenters. The molecule has 3 nitrogen and oxygen atoms in total. The molecule has 6 aromatic carbocycles. The van der Waals surface area contributed by atoms with Gasteiger partial charge in [0.05, 0.1) is 28.5 Å². The fourth-order valence-electron chi connectivity index (χ4n) is 6.65. The third kappa shape index (κ3) is 3.95.